The molecule has 0 heterocycles. The predicted octanol–water partition coefficient (Wildman–Crippen LogP) is 2.05. The van der Waals surface area contributed by atoms with Crippen molar-refractivity contribution in [3.8, 4) is 0 Å². The average molecular weight is 277 g/mol. The van der Waals surface area contributed by atoms with E-state index in [1.807, 2.05) is 6.92 Å². The summed E-state index contributed by atoms with van der Waals surface area (Å²) in [5, 5.41) is 3.00. The fraction of sp³-hybridized carbons (Fsp3) is 0.500. The SMILES string of the molecule is CCNC(CCS(C)(=O)=O)c1ccc(F)cc1F. The minimum absolute atomic E-state index is 0.0402. The lowest BCUT2D eigenvalue weighted by atomic mass is 10.0. The first-order valence-electron chi connectivity index (χ1n) is 5.69. The van der Waals surface area contributed by atoms with Gasteiger partial charge in [-0.25, -0.2) is 17.2 Å². The maximum absolute atomic E-state index is 13.6. The minimum Gasteiger partial charge on any atom is -0.310 e. The normalized spacial score (nSPS) is 13.6. The molecule has 1 aromatic rings. The van der Waals surface area contributed by atoms with E-state index in [1.165, 1.54) is 12.1 Å². The first-order chi connectivity index (χ1) is 8.33. The highest BCUT2D eigenvalue weighted by Crippen LogP contribution is 2.21. The Labute approximate surface area is 106 Å². The summed E-state index contributed by atoms with van der Waals surface area (Å²) in [7, 11) is -3.10. The van der Waals surface area contributed by atoms with Crippen molar-refractivity contribution in [2.75, 3.05) is 18.6 Å². The summed E-state index contributed by atoms with van der Waals surface area (Å²) in [5.74, 6) is -1.34. The molecule has 1 aromatic carbocycles. The molecule has 0 saturated heterocycles. The van der Waals surface area contributed by atoms with Crippen LogP contribution in [0, 0.1) is 11.6 Å². The molecule has 0 radical (unpaired) electrons. The van der Waals surface area contributed by atoms with Crippen molar-refractivity contribution in [2.45, 2.75) is 19.4 Å². The zero-order valence-electron chi connectivity index (χ0n) is 10.4. The second-order valence-corrected chi connectivity index (χ2v) is 6.45. The van der Waals surface area contributed by atoms with Gasteiger partial charge in [0.25, 0.3) is 0 Å². The van der Waals surface area contributed by atoms with Crippen LogP contribution in [-0.2, 0) is 9.84 Å². The summed E-state index contributed by atoms with van der Waals surface area (Å²) in [6.45, 7) is 2.42. The molecular formula is C12H17F2NO2S. The maximum atomic E-state index is 13.6. The zero-order chi connectivity index (χ0) is 13.8. The Balaban J connectivity index is 2.90. The highest BCUT2D eigenvalue weighted by Gasteiger charge is 2.17. The summed E-state index contributed by atoms with van der Waals surface area (Å²) < 4.78 is 48.7. The summed E-state index contributed by atoms with van der Waals surface area (Å²) >= 11 is 0. The number of nitrogens with one attached hydrogen (secondary N) is 1. The third-order valence-corrected chi connectivity index (χ3v) is 3.54. The van der Waals surface area contributed by atoms with Gasteiger partial charge in [-0.05, 0) is 19.0 Å². The highest BCUT2D eigenvalue weighted by atomic mass is 32.2. The van der Waals surface area contributed by atoms with Gasteiger partial charge in [0.05, 0.1) is 5.75 Å². The van der Waals surface area contributed by atoms with Crippen molar-refractivity contribution in [1.82, 2.24) is 5.32 Å². The van der Waals surface area contributed by atoms with Crippen LogP contribution in [-0.4, -0.2) is 27.0 Å². The zero-order valence-corrected chi connectivity index (χ0v) is 11.2. The molecule has 102 valence electrons. The molecule has 1 atom stereocenters. The Bertz CT molecular complexity index is 503. The molecule has 0 amide bonds. The number of benzene rings is 1. The number of halogens is 2. The van der Waals surface area contributed by atoms with Gasteiger partial charge in [0.15, 0.2) is 0 Å². The summed E-state index contributed by atoms with van der Waals surface area (Å²) in [4.78, 5) is 0. The maximum Gasteiger partial charge on any atom is 0.147 e. The number of sulfone groups is 1. The molecule has 0 spiro atoms. The Hall–Kier alpha value is -1.01. The van der Waals surface area contributed by atoms with E-state index in [4.69, 9.17) is 0 Å². The monoisotopic (exact) mass is 277 g/mol. The van der Waals surface area contributed by atoms with Crippen LogP contribution in [0.2, 0.25) is 0 Å². The Morgan fingerprint density at radius 2 is 2.00 bits per heavy atom. The van der Waals surface area contributed by atoms with Crippen LogP contribution in [0.3, 0.4) is 0 Å². The molecule has 0 aliphatic heterocycles. The first kappa shape index (κ1) is 15.0. The molecule has 0 aliphatic carbocycles. The minimum atomic E-state index is -3.10. The van der Waals surface area contributed by atoms with Crippen molar-refractivity contribution in [3.63, 3.8) is 0 Å². The van der Waals surface area contributed by atoms with Gasteiger partial charge < -0.3 is 5.32 Å². The van der Waals surface area contributed by atoms with E-state index in [-0.39, 0.29) is 12.2 Å². The number of rotatable bonds is 6. The second kappa shape index (κ2) is 6.24. The van der Waals surface area contributed by atoms with Crippen LogP contribution in [0.4, 0.5) is 8.78 Å². The molecule has 1 unspecified atom stereocenters. The fourth-order valence-electron chi connectivity index (χ4n) is 1.73. The van der Waals surface area contributed by atoms with E-state index in [2.05, 4.69) is 5.32 Å². The molecule has 6 heteroatoms. The molecule has 0 bridgehead atoms. The first-order valence-corrected chi connectivity index (χ1v) is 7.75. The van der Waals surface area contributed by atoms with Gasteiger partial charge in [-0.2, -0.15) is 0 Å². The van der Waals surface area contributed by atoms with Crippen LogP contribution in [0.15, 0.2) is 18.2 Å². The molecule has 3 nitrogen and oxygen atoms in total. The van der Waals surface area contributed by atoms with Gasteiger partial charge in [0, 0.05) is 23.9 Å². The topological polar surface area (TPSA) is 46.2 Å². The van der Waals surface area contributed by atoms with Crippen LogP contribution >= 0.6 is 0 Å². The molecule has 0 aromatic heterocycles. The van der Waals surface area contributed by atoms with Crippen LogP contribution < -0.4 is 5.32 Å². The molecule has 18 heavy (non-hydrogen) atoms. The predicted molar refractivity (Wildman–Crippen MR) is 67.1 cm³/mol. The third-order valence-electron chi connectivity index (χ3n) is 2.57. The number of hydrogen-bond donors (Lipinski definition) is 1. The van der Waals surface area contributed by atoms with E-state index in [1.54, 1.807) is 0 Å². The smallest absolute Gasteiger partial charge is 0.147 e. The largest absolute Gasteiger partial charge is 0.310 e. The van der Waals surface area contributed by atoms with Crippen LogP contribution in [0.25, 0.3) is 0 Å². The Kier molecular flexibility index (Phi) is 5.22. The summed E-state index contributed by atoms with van der Waals surface area (Å²) in [6, 6.07) is 2.90. The molecule has 0 fully saturated rings. The van der Waals surface area contributed by atoms with E-state index < -0.39 is 27.5 Å². The second-order valence-electron chi connectivity index (χ2n) is 4.19. The lowest BCUT2D eigenvalue weighted by Gasteiger charge is -2.18. The van der Waals surface area contributed by atoms with Crippen LogP contribution in [0.1, 0.15) is 24.9 Å². The van der Waals surface area contributed by atoms with Gasteiger partial charge in [-0.1, -0.05) is 13.0 Å². The molecule has 0 saturated carbocycles. The third kappa shape index (κ3) is 4.70. The summed E-state index contributed by atoms with van der Waals surface area (Å²) in [5.41, 5.74) is 0.293. The molecule has 1 rings (SSSR count). The van der Waals surface area contributed by atoms with Crippen molar-refractivity contribution in [1.29, 1.82) is 0 Å². The van der Waals surface area contributed by atoms with E-state index in [0.717, 1.165) is 12.3 Å². The van der Waals surface area contributed by atoms with Crippen molar-refractivity contribution in [3.05, 3.63) is 35.4 Å². The number of hydrogen-bond acceptors (Lipinski definition) is 3. The van der Waals surface area contributed by atoms with Gasteiger partial charge >= 0.3 is 0 Å². The molecule has 0 aliphatic rings. The standard InChI is InChI=1S/C12H17F2NO2S/c1-3-15-12(6-7-18(2,16)17)10-5-4-9(13)8-11(10)14/h4-5,8,12,15H,3,6-7H2,1-2H3. The lowest BCUT2D eigenvalue weighted by Crippen LogP contribution is -2.24. The van der Waals surface area contributed by atoms with Gasteiger partial charge in [0.2, 0.25) is 0 Å². The van der Waals surface area contributed by atoms with Crippen molar-refractivity contribution >= 4 is 9.84 Å². The lowest BCUT2D eigenvalue weighted by molar-refractivity contribution is 0.492. The van der Waals surface area contributed by atoms with Crippen molar-refractivity contribution in [2.24, 2.45) is 0 Å². The van der Waals surface area contributed by atoms with Gasteiger partial charge in [-0.15, -0.1) is 0 Å². The highest BCUT2D eigenvalue weighted by molar-refractivity contribution is 7.90. The van der Waals surface area contributed by atoms with E-state index >= 15 is 0 Å². The van der Waals surface area contributed by atoms with E-state index in [0.29, 0.717) is 12.1 Å². The van der Waals surface area contributed by atoms with Crippen LogP contribution in [0.5, 0.6) is 0 Å². The van der Waals surface area contributed by atoms with E-state index in [9.17, 15) is 17.2 Å². The average Bonchev–Trinajstić information content (AvgIpc) is 2.24. The summed E-state index contributed by atoms with van der Waals surface area (Å²) in [6.07, 6.45) is 1.40. The van der Waals surface area contributed by atoms with Crippen molar-refractivity contribution < 1.29 is 17.2 Å². The quantitative estimate of drug-likeness (QED) is 0.865. The van der Waals surface area contributed by atoms with Gasteiger partial charge in [0.1, 0.15) is 21.5 Å². The molecule has 1 N–H and O–H groups in total. The Morgan fingerprint density at radius 3 is 2.50 bits per heavy atom. The Morgan fingerprint density at radius 1 is 1.33 bits per heavy atom. The fourth-order valence-corrected chi connectivity index (χ4v) is 2.39. The van der Waals surface area contributed by atoms with Gasteiger partial charge in [-0.3, -0.25) is 0 Å². The molecular weight excluding hydrogens is 260 g/mol.